The molecule has 22 heavy (non-hydrogen) atoms. The average Bonchev–Trinajstić information content (AvgIpc) is 2.56. The second-order valence-corrected chi connectivity index (χ2v) is 7.13. The van der Waals surface area contributed by atoms with Gasteiger partial charge in [-0.15, -0.1) is 0 Å². The van der Waals surface area contributed by atoms with Crippen LogP contribution < -0.4 is 9.80 Å². The highest BCUT2D eigenvalue weighted by atomic mass is 79.9. The number of piperidine rings is 1. The van der Waals surface area contributed by atoms with Crippen molar-refractivity contribution in [3.05, 3.63) is 39.8 Å². The molecule has 0 bridgehead atoms. The molecule has 0 amide bonds. The lowest BCUT2D eigenvalue weighted by Gasteiger charge is -2.38. The monoisotopic (exact) mass is 425 g/mol. The number of rotatable bonds is 3. The summed E-state index contributed by atoms with van der Waals surface area (Å²) in [5.41, 5.74) is 1.22. The largest absolute Gasteiger partial charge is 0.370 e. The molecule has 0 saturated carbocycles. The molecule has 0 unspecified atom stereocenters. The molecule has 7 heteroatoms. The fraction of sp³-hybridized carbons (Fsp3) is 0.400. The van der Waals surface area contributed by atoms with E-state index < -0.39 is 0 Å². The minimum Gasteiger partial charge on any atom is -0.370 e. The maximum absolute atomic E-state index is 4.38. The Bertz CT molecular complexity index is 626. The average molecular weight is 427 g/mol. The molecule has 1 saturated heterocycles. The lowest BCUT2D eigenvalue weighted by molar-refractivity contribution is 0.477. The van der Waals surface area contributed by atoms with E-state index in [0.29, 0.717) is 6.04 Å². The molecule has 0 aliphatic carbocycles. The van der Waals surface area contributed by atoms with Crippen molar-refractivity contribution in [2.75, 3.05) is 29.9 Å². The molecule has 0 aromatic carbocycles. The summed E-state index contributed by atoms with van der Waals surface area (Å²) >= 11 is 6.95. The molecular weight excluding hydrogens is 410 g/mol. The number of hydrogen-bond donors (Lipinski definition) is 0. The zero-order chi connectivity index (χ0) is 15.5. The van der Waals surface area contributed by atoms with Crippen molar-refractivity contribution in [1.29, 1.82) is 0 Å². The summed E-state index contributed by atoms with van der Waals surface area (Å²) in [7, 11) is 2.08. The molecule has 0 radical (unpaired) electrons. The number of halogens is 2. The highest BCUT2D eigenvalue weighted by Crippen LogP contribution is 2.29. The van der Waals surface area contributed by atoms with Crippen LogP contribution in [0, 0.1) is 0 Å². The molecule has 5 nitrogen and oxygen atoms in total. The molecule has 1 fully saturated rings. The van der Waals surface area contributed by atoms with Gasteiger partial charge in [-0.3, -0.25) is 4.98 Å². The summed E-state index contributed by atoms with van der Waals surface area (Å²) in [5, 5.41) is 0. The van der Waals surface area contributed by atoms with Gasteiger partial charge in [0, 0.05) is 51.0 Å². The van der Waals surface area contributed by atoms with Crippen molar-refractivity contribution in [2.24, 2.45) is 0 Å². The van der Waals surface area contributed by atoms with Crippen LogP contribution in [0.15, 0.2) is 39.8 Å². The Balaban J connectivity index is 1.64. The Morgan fingerprint density at radius 1 is 1.14 bits per heavy atom. The van der Waals surface area contributed by atoms with Gasteiger partial charge in [-0.05, 0) is 50.8 Å². The fourth-order valence-corrected chi connectivity index (χ4v) is 3.48. The van der Waals surface area contributed by atoms with Gasteiger partial charge in [0.2, 0.25) is 5.95 Å². The van der Waals surface area contributed by atoms with E-state index in [0.717, 1.165) is 40.8 Å². The standard InChI is InChI=1S/C15H17Br2N5/c1-21(15-19-8-11(16)9-20-15)12-3-6-22(7-4-12)14-2-5-18-10-13(14)17/h2,5,8-10,12H,3-4,6-7H2,1H3. The van der Waals surface area contributed by atoms with E-state index in [-0.39, 0.29) is 0 Å². The van der Waals surface area contributed by atoms with Crippen molar-refractivity contribution in [2.45, 2.75) is 18.9 Å². The molecule has 0 N–H and O–H groups in total. The summed E-state index contributed by atoms with van der Waals surface area (Å²) in [5.74, 6) is 0.784. The zero-order valence-corrected chi connectivity index (χ0v) is 15.5. The molecular formula is C15H17Br2N5. The van der Waals surface area contributed by atoms with Crippen LogP contribution in [0.1, 0.15) is 12.8 Å². The van der Waals surface area contributed by atoms with Crippen molar-refractivity contribution in [3.8, 4) is 0 Å². The zero-order valence-electron chi connectivity index (χ0n) is 12.3. The highest BCUT2D eigenvalue weighted by Gasteiger charge is 2.24. The van der Waals surface area contributed by atoms with Gasteiger partial charge >= 0.3 is 0 Å². The predicted octanol–water partition coefficient (Wildman–Crippen LogP) is 3.50. The molecule has 2 aromatic rings. The van der Waals surface area contributed by atoms with Gasteiger partial charge in [0.1, 0.15) is 0 Å². The molecule has 1 aliphatic heterocycles. The van der Waals surface area contributed by atoms with Crippen LogP contribution in [0.2, 0.25) is 0 Å². The predicted molar refractivity (Wildman–Crippen MR) is 95.3 cm³/mol. The Labute approximate surface area is 147 Å². The Kier molecular flexibility index (Phi) is 4.93. The summed E-state index contributed by atoms with van der Waals surface area (Å²) < 4.78 is 1.96. The summed E-state index contributed by atoms with van der Waals surface area (Å²) in [4.78, 5) is 17.5. The molecule has 1 aliphatic rings. The Hall–Kier alpha value is -1.21. The maximum Gasteiger partial charge on any atom is 0.225 e. The molecule has 2 aromatic heterocycles. The minimum absolute atomic E-state index is 0.470. The molecule has 0 atom stereocenters. The maximum atomic E-state index is 4.38. The topological polar surface area (TPSA) is 45.2 Å². The first-order valence-electron chi connectivity index (χ1n) is 7.20. The van der Waals surface area contributed by atoms with Gasteiger partial charge in [-0.2, -0.15) is 0 Å². The summed E-state index contributed by atoms with van der Waals surface area (Å²) in [6, 6.07) is 2.53. The van der Waals surface area contributed by atoms with E-state index in [9.17, 15) is 0 Å². The van der Waals surface area contributed by atoms with Gasteiger partial charge in [0.15, 0.2) is 0 Å². The van der Waals surface area contributed by atoms with Gasteiger partial charge in [-0.1, -0.05) is 0 Å². The fourth-order valence-electron chi connectivity index (χ4n) is 2.77. The van der Waals surface area contributed by atoms with E-state index in [2.05, 4.69) is 69.7 Å². The number of pyridine rings is 1. The van der Waals surface area contributed by atoms with Gasteiger partial charge < -0.3 is 9.80 Å². The Morgan fingerprint density at radius 2 is 1.82 bits per heavy atom. The van der Waals surface area contributed by atoms with E-state index in [1.165, 1.54) is 5.69 Å². The van der Waals surface area contributed by atoms with Gasteiger partial charge in [0.25, 0.3) is 0 Å². The smallest absolute Gasteiger partial charge is 0.225 e. The van der Waals surface area contributed by atoms with Crippen molar-refractivity contribution in [3.63, 3.8) is 0 Å². The first-order chi connectivity index (χ1) is 10.6. The van der Waals surface area contributed by atoms with Crippen LogP contribution in [-0.4, -0.2) is 41.1 Å². The number of anilines is 2. The summed E-state index contributed by atoms with van der Waals surface area (Å²) in [6.45, 7) is 2.04. The lowest BCUT2D eigenvalue weighted by atomic mass is 10.0. The second kappa shape index (κ2) is 6.91. The quantitative estimate of drug-likeness (QED) is 0.751. The summed E-state index contributed by atoms with van der Waals surface area (Å²) in [6.07, 6.45) is 9.46. The molecule has 0 spiro atoms. The van der Waals surface area contributed by atoms with E-state index >= 15 is 0 Å². The SMILES string of the molecule is CN(c1ncc(Br)cn1)C1CCN(c2ccncc2Br)CC1. The van der Waals surface area contributed by atoms with Crippen molar-refractivity contribution < 1.29 is 0 Å². The lowest BCUT2D eigenvalue weighted by Crippen LogP contribution is -2.44. The van der Waals surface area contributed by atoms with E-state index in [1.54, 1.807) is 12.4 Å². The van der Waals surface area contributed by atoms with E-state index in [4.69, 9.17) is 0 Å². The van der Waals surface area contributed by atoms with E-state index in [1.807, 2.05) is 12.4 Å². The first-order valence-corrected chi connectivity index (χ1v) is 8.78. The van der Waals surface area contributed by atoms with Crippen LogP contribution in [0.5, 0.6) is 0 Å². The van der Waals surface area contributed by atoms with Crippen molar-refractivity contribution in [1.82, 2.24) is 15.0 Å². The van der Waals surface area contributed by atoms with Crippen LogP contribution in [0.4, 0.5) is 11.6 Å². The normalized spacial score (nSPS) is 15.9. The third kappa shape index (κ3) is 3.41. The third-order valence-electron chi connectivity index (χ3n) is 4.03. The number of nitrogens with zero attached hydrogens (tertiary/aromatic N) is 5. The van der Waals surface area contributed by atoms with Gasteiger partial charge in [0.05, 0.1) is 14.6 Å². The van der Waals surface area contributed by atoms with Crippen LogP contribution in [-0.2, 0) is 0 Å². The first kappa shape index (κ1) is 15.7. The molecule has 3 heterocycles. The van der Waals surface area contributed by atoms with Crippen molar-refractivity contribution >= 4 is 43.5 Å². The highest BCUT2D eigenvalue weighted by molar-refractivity contribution is 9.10. The van der Waals surface area contributed by atoms with Crippen LogP contribution in [0.25, 0.3) is 0 Å². The molecule has 116 valence electrons. The number of hydrogen-bond acceptors (Lipinski definition) is 5. The van der Waals surface area contributed by atoms with Crippen LogP contribution >= 0.6 is 31.9 Å². The number of aromatic nitrogens is 3. The minimum atomic E-state index is 0.470. The molecule has 3 rings (SSSR count). The second-order valence-electron chi connectivity index (χ2n) is 5.36. The van der Waals surface area contributed by atoms with Crippen LogP contribution in [0.3, 0.4) is 0 Å². The van der Waals surface area contributed by atoms with Gasteiger partial charge in [-0.25, -0.2) is 9.97 Å². The third-order valence-corrected chi connectivity index (χ3v) is 5.05. The Morgan fingerprint density at radius 3 is 2.45 bits per heavy atom.